The molecule has 26 heavy (non-hydrogen) atoms. The van der Waals surface area contributed by atoms with Crippen molar-refractivity contribution in [2.45, 2.75) is 103 Å². The van der Waals surface area contributed by atoms with Crippen molar-refractivity contribution >= 4 is 11.8 Å². The van der Waals surface area contributed by atoms with Gasteiger partial charge in [0.05, 0.1) is 12.2 Å². The molecule has 5 heteroatoms. The Bertz CT molecular complexity index is 409. The van der Waals surface area contributed by atoms with Crippen LogP contribution in [0, 0.1) is 11.8 Å². The molecule has 0 aromatic heterocycles. The normalized spacial score (nSPS) is 24.1. The Kier molecular flexibility index (Phi) is 11.8. The van der Waals surface area contributed by atoms with Crippen LogP contribution in [0.3, 0.4) is 0 Å². The van der Waals surface area contributed by atoms with Crippen molar-refractivity contribution in [2.24, 2.45) is 11.8 Å². The van der Waals surface area contributed by atoms with Crippen LogP contribution in [0.5, 0.6) is 0 Å². The third-order valence-electron chi connectivity index (χ3n) is 5.73. The SMILES string of the molecule is CCCCC(O)CCC[C@H]1[C@H](OC)CC(=O)[C@@H]1CCCCCCC(=O)O. The topological polar surface area (TPSA) is 83.8 Å². The molecule has 1 fully saturated rings. The smallest absolute Gasteiger partial charge is 0.303 e. The Hall–Kier alpha value is -0.940. The lowest BCUT2D eigenvalue weighted by Crippen LogP contribution is -2.23. The van der Waals surface area contributed by atoms with Crippen LogP contribution in [-0.2, 0) is 14.3 Å². The highest BCUT2D eigenvalue weighted by Crippen LogP contribution is 2.38. The van der Waals surface area contributed by atoms with E-state index in [2.05, 4.69) is 6.92 Å². The number of carbonyl (C=O) groups excluding carboxylic acids is 1. The number of methoxy groups -OCH3 is 1. The van der Waals surface area contributed by atoms with Gasteiger partial charge in [0.25, 0.3) is 0 Å². The molecule has 1 unspecified atom stereocenters. The fourth-order valence-corrected chi connectivity index (χ4v) is 4.19. The van der Waals surface area contributed by atoms with Crippen molar-refractivity contribution < 1.29 is 24.5 Å². The number of carbonyl (C=O) groups is 2. The first-order valence-corrected chi connectivity index (χ1v) is 10.4. The molecule has 0 aromatic rings. The number of Topliss-reactive ketones (excluding diaryl/α,β-unsaturated/α-hetero) is 1. The fourth-order valence-electron chi connectivity index (χ4n) is 4.19. The third kappa shape index (κ3) is 8.63. The summed E-state index contributed by atoms with van der Waals surface area (Å²) in [7, 11) is 1.69. The average molecular weight is 371 g/mol. The van der Waals surface area contributed by atoms with Crippen LogP contribution in [0.1, 0.15) is 90.4 Å². The van der Waals surface area contributed by atoms with Crippen LogP contribution in [0.4, 0.5) is 0 Å². The van der Waals surface area contributed by atoms with Crippen molar-refractivity contribution in [3.63, 3.8) is 0 Å². The predicted octanol–water partition coefficient (Wildman–Crippen LogP) is 4.35. The van der Waals surface area contributed by atoms with E-state index in [9.17, 15) is 14.7 Å². The van der Waals surface area contributed by atoms with Gasteiger partial charge in [0.15, 0.2) is 0 Å². The molecular weight excluding hydrogens is 332 g/mol. The molecule has 1 saturated carbocycles. The molecule has 0 heterocycles. The minimum absolute atomic E-state index is 0.0206. The van der Waals surface area contributed by atoms with E-state index in [1.165, 1.54) is 0 Å². The van der Waals surface area contributed by atoms with E-state index in [1.54, 1.807) is 7.11 Å². The van der Waals surface area contributed by atoms with Crippen LogP contribution in [0.15, 0.2) is 0 Å². The molecule has 0 spiro atoms. The summed E-state index contributed by atoms with van der Waals surface area (Å²) < 4.78 is 5.57. The van der Waals surface area contributed by atoms with Gasteiger partial charge in [-0.15, -0.1) is 0 Å². The molecule has 0 aliphatic heterocycles. The van der Waals surface area contributed by atoms with E-state index >= 15 is 0 Å². The van der Waals surface area contributed by atoms with Crippen LogP contribution in [0.2, 0.25) is 0 Å². The Labute approximate surface area is 158 Å². The van der Waals surface area contributed by atoms with Crippen LogP contribution < -0.4 is 0 Å². The summed E-state index contributed by atoms with van der Waals surface area (Å²) in [6, 6.07) is 0. The second-order valence-electron chi connectivity index (χ2n) is 7.79. The number of rotatable bonds is 15. The highest BCUT2D eigenvalue weighted by Gasteiger charge is 2.41. The molecule has 5 nitrogen and oxygen atoms in total. The number of carboxylic acid groups (broad SMARTS) is 1. The van der Waals surface area contributed by atoms with Crippen molar-refractivity contribution in [1.29, 1.82) is 0 Å². The summed E-state index contributed by atoms with van der Waals surface area (Å²) in [4.78, 5) is 22.9. The highest BCUT2D eigenvalue weighted by atomic mass is 16.5. The maximum absolute atomic E-state index is 12.4. The van der Waals surface area contributed by atoms with Gasteiger partial charge in [0, 0.05) is 25.9 Å². The first-order chi connectivity index (χ1) is 12.5. The Morgan fingerprint density at radius 2 is 1.81 bits per heavy atom. The van der Waals surface area contributed by atoms with Gasteiger partial charge in [0.1, 0.15) is 5.78 Å². The number of ketones is 1. The summed E-state index contributed by atoms with van der Waals surface area (Å²) >= 11 is 0. The standard InChI is InChI=1S/C21H38O5/c1-3-4-10-16(22)11-9-13-18-17(19(23)15-20(18)26-2)12-7-5-6-8-14-21(24)25/h16-18,20,22H,3-15H2,1-2H3,(H,24,25)/t16?,17-,18-,20-/m1/s1. The zero-order chi connectivity index (χ0) is 19.4. The molecule has 1 aliphatic rings. The van der Waals surface area contributed by atoms with E-state index in [1.807, 2.05) is 0 Å². The molecule has 0 radical (unpaired) electrons. The molecule has 0 saturated heterocycles. The zero-order valence-electron chi connectivity index (χ0n) is 16.6. The molecule has 0 amide bonds. The summed E-state index contributed by atoms with van der Waals surface area (Å²) in [5.74, 6) is -0.0730. The molecule has 4 atom stereocenters. The van der Waals surface area contributed by atoms with E-state index in [-0.39, 0.29) is 30.5 Å². The number of carboxylic acids is 1. The van der Waals surface area contributed by atoms with Crippen molar-refractivity contribution in [3.8, 4) is 0 Å². The Morgan fingerprint density at radius 3 is 2.46 bits per heavy atom. The monoisotopic (exact) mass is 370 g/mol. The van der Waals surface area contributed by atoms with E-state index in [4.69, 9.17) is 9.84 Å². The fraction of sp³-hybridized carbons (Fsp3) is 0.905. The summed E-state index contributed by atoms with van der Waals surface area (Å²) in [5, 5.41) is 18.7. The number of aliphatic carboxylic acids is 1. The molecule has 0 aromatic carbocycles. The number of ether oxygens (including phenoxy) is 1. The lowest BCUT2D eigenvalue weighted by atomic mass is 9.85. The molecule has 0 bridgehead atoms. The van der Waals surface area contributed by atoms with Crippen molar-refractivity contribution in [1.82, 2.24) is 0 Å². The number of hydrogen-bond donors (Lipinski definition) is 2. The van der Waals surface area contributed by atoms with Crippen molar-refractivity contribution in [2.75, 3.05) is 7.11 Å². The molecule has 1 rings (SSSR count). The zero-order valence-corrected chi connectivity index (χ0v) is 16.6. The van der Waals surface area contributed by atoms with Gasteiger partial charge >= 0.3 is 5.97 Å². The lowest BCUT2D eigenvalue weighted by Gasteiger charge is -2.23. The van der Waals surface area contributed by atoms with Crippen LogP contribution in [0.25, 0.3) is 0 Å². The lowest BCUT2D eigenvalue weighted by molar-refractivity contribution is -0.137. The van der Waals surface area contributed by atoms with Crippen LogP contribution >= 0.6 is 0 Å². The number of unbranched alkanes of at least 4 members (excludes halogenated alkanes) is 4. The van der Waals surface area contributed by atoms with Gasteiger partial charge in [0.2, 0.25) is 0 Å². The van der Waals surface area contributed by atoms with Crippen molar-refractivity contribution in [3.05, 3.63) is 0 Å². The first-order valence-electron chi connectivity index (χ1n) is 10.4. The van der Waals surface area contributed by atoms with E-state index in [0.29, 0.717) is 18.6 Å². The predicted molar refractivity (Wildman–Crippen MR) is 102 cm³/mol. The third-order valence-corrected chi connectivity index (χ3v) is 5.73. The van der Waals surface area contributed by atoms with Gasteiger partial charge in [-0.1, -0.05) is 45.4 Å². The van der Waals surface area contributed by atoms with Gasteiger partial charge in [-0.05, 0) is 38.0 Å². The average Bonchev–Trinajstić information content (AvgIpc) is 2.91. The largest absolute Gasteiger partial charge is 0.481 e. The minimum atomic E-state index is -0.736. The van der Waals surface area contributed by atoms with E-state index < -0.39 is 5.97 Å². The second kappa shape index (κ2) is 13.3. The van der Waals surface area contributed by atoms with Crippen LogP contribution in [-0.4, -0.2) is 41.3 Å². The maximum atomic E-state index is 12.4. The van der Waals surface area contributed by atoms with E-state index in [0.717, 1.165) is 64.2 Å². The second-order valence-corrected chi connectivity index (χ2v) is 7.79. The summed E-state index contributed by atoms with van der Waals surface area (Å²) in [6.07, 6.45) is 10.7. The highest BCUT2D eigenvalue weighted by molar-refractivity contribution is 5.84. The number of aliphatic hydroxyl groups excluding tert-OH is 1. The van der Waals surface area contributed by atoms with Gasteiger partial charge < -0.3 is 14.9 Å². The minimum Gasteiger partial charge on any atom is -0.481 e. The summed E-state index contributed by atoms with van der Waals surface area (Å²) in [6.45, 7) is 2.13. The first kappa shape index (κ1) is 23.1. The molecular formula is C21H38O5. The summed E-state index contributed by atoms with van der Waals surface area (Å²) in [5.41, 5.74) is 0. The Morgan fingerprint density at radius 1 is 1.12 bits per heavy atom. The molecule has 1 aliphatic carbocycles. The number of hydrogen-bond acceptors (Lipinski definition) is 4. The molecule has 2 N–H and O–H groups in total. The van der Waals surface area contributed by atoms with Gasteiger partial charge in [-0.2, -0.15) is 0 Å². The molecule has 152 valence electrons. The Balaban J connectivity index is 2.36. The maximum Gasteiger partial charge on any atom is 0.303 e. The number of aliphatic hydroxyl groups is 1. The quantitative estimate of drug-likeness (QED) is 0.419. The van der Waals surface area contributed by atoms with Gasteiger partial charge in [-0.25, -0.2) is 0 Å². The van der Waals surface area contributed by atoms with Gasteiger partial charge in [-0.3, -0.25) is 9.59 Å².